The van der Waals surface area contributed by atoms with E-state index in [-0.39, 0.29) is 17.7 Å². The summed E-state index contributed by atoms with van der Waals surface area (Å²) in [5.74, 6) is 0.817. The molecule has 2 aliphatic heterocycles. The fourth-order valence-electron chi connectivity index (χ4n) is 3.26. The van der Waals surface area contributed by atoms with Gasteiger partial charge >= 0.3 is 0 Å². The van der Waals surface area contributed by atoms with Gasteiger partial charge in [0, 0.05) is 37.9 Å². The molecule has 0 saturated carbocycles. The van der Waals surface area contributed by atoms with Crippen LogP contribution in [0.1, 0.15) is 42.4 Å². The van der Waals surface area contributed by atoms with E-state index in [9.17, 15) is 13.2 Å². The first-order valence-electron chi connectivity index (χ1n) is 8.15. The maximum atomic E-state index is 12.5. The van der Waals surface area contributed by atoms with Gasteiger partial charge in [0.15, 0.2) is 9.84 Å². The van der Waals surface area contributed by atoms with Crippen molar-refractivity contribution in [1.82, 2.24) is 20.0 Å². The number of H-pyrrole nitrogens is 1. The average Bonchev–Trinajstić information content (AvgIpc) is 3.13. The van der Waals surface area contributed by atoms with E-state index in [2.05, 4.69) is 28.9 Å². The molecule has 128 valence electrons. The standard InChI is InChI=1S/C15H24N4O3S/c1-11(2)13-9-14(17-16-13)15(20)19-6-4-18(5-7-19)12-3-8-23(21,22)10-12/h9,11-12H,3-8,10H2,1-2H3,(H,16,17)/t12-/m1/s1. The lowest BCUT2D eigenvalue weighted by molar-refractivity contribution is 0.0582. The molecule has 2 saturated heterocycles. The summed E-state index contributed by atoms with van der Waals surface area (Å²) in [6.07, 6.45) is 0.716. The first kappa shape index (κ1) is 16.4. The van der Waals surface area contributed by atoms with Crippen molar-refractivity contribution in [2.24, 2.45) is 0 Å². The summed E-state index contributed by atoms with van der Waals surface area (Å²) in [4.78, 5) is 16.5. The number of amides is 1. The Kier molecular flexibility index (Phi) is 4.46. The van der Waals surface area contributed by atoms with Gasteiger partial charge in [-0.1, -0.05) is 13.8 Å². The number of hydrogen-bond acceptors (Lipinski definition) is 5. The van der Waals surface area contributed by atoms with Crippen LogP contribution in [0.2, 0.25) is 0 Å². The Labute approximate surface area is 137 Å². The lowest BCUT2D eigenvalue weighted by Gasteiger charge is -2.37. The second kappa shape index (κ2) is 6.24. The van der Waals surface area contributed by atoms with Crippen molar-refractivity contribution in [2.45, 2.75) is 32.2 Å². The smallest absolute Gasteiger partial charge is 0.274 e. The Morgan fingerprint density at radius 2 is 2.00 bits per heavy atom. The molecule has 3 heterocycles. The predicted molar refractivity (Wildman–Crippen MR) is 87.2 cm³/mol. The summed E-state index contributed by atoms with van der Waals surface area (Å²) in [5, 5.41) is 7.03. The molecule has 1 aromatic rings. The summed E-state index contributed by atoms with van der Waals surface area (Å²) in [7, 11) is -2.86. The van der Waals surface area contributed by atoms with Crippen LogP contribution in [0.25, 0.3) is 0 Å². The monoisotopic (exact) mass is 340 g/mol. The van der Waals surface area contributed by atoms with Crippen molar-refractivity contribution in [2.75, 3.05) is 37.7 Å². The Morgan fingerprint density at radius 3 is 2.52 bits per heavy atom. The van der Waals surface area contributed by atoms with Crippen molar-refractivity contribution < 1.29 is 13.2 Å². The third-order valence-electron chi connectivity index (χ3n) is 4.77. The van der Waals surface area contributed by atoms with E-state index in [4.69, 9.17) is 0 Å². The van der Waals surface area contributed by atoms with Gasteiger partial charge in [-0.2, -0.15) is 5.10 Å². The molecular weight excluding hydrogens is 316 g/mol. The van der Waals surface area contributed by atoms with Crippen LogP contribution in [0.15, 0.2) is 6.07 Å². The van der Waals surface area contributed by atoms with Gasteiger partial charge in [0.2, 0.25) is 0 Å². The number of carbonyl (C=O) groups excluding carboxylic acids is 1. The molecule has 1 atom stereocenters. The van der Waals surface area contributed by atoms with Gasteiger partial charge in [0.1, 0.15) is 5.69 Å². The third-order valence-corrected chi connectivity index (χ3v) is 6.52. The molecule has 2 fully saturated rings. The number of aromatic nitrogens is 2. The van der Waals surface area contributed by atoms with E-state index in [1.807, 2.05) is 6.07 Å². The van der Waals surface area contributed by atoms with Crippen LogP contribution < -0.4 is 0 Å². The summed E-state index contributed by atoms with van der Waals surface area (Å²) in [5.41, 5.74) is 1.42. The second-order valence-electron chi connectivity index (χ2n) is 6.75. The lowest BCUT2D eigenvalue weighted by Crippen LogP contribution is -2.52. The third kappa shape index (κ3) is 3.58. The quantitative estimate of drug-likeness (QED) is 0.865. The maximum Gasteiger partial charge on any atom is 0.274 e. The molecular formula is C15H24N4O3S. The fourth-order valence-corrected chi connectivity index (χ4v) is 5.02. The van der Waals surface area contributed by atoms with Crippen LogP contribution in [0.3, 0.4) is 0 Å². The Morgan fingerprint density at radius 1 is 1.30 bits per heavy atom. The van der Waals surface area contributed by atoms with Crippen molar-refractivity contribution in [1.29, 1.82) is 0 Å². The molecule has 1 N–H and O–H groups in total. The Hall–Kier alpha value is -1.41. The lowest BCUT2D eigenvalue weighted by atomic mass is 10.1. The molecule has 1 amide bonds. The van der Waals surface area contributed by atoms with E-state index in [0.29, 0.717) is 36.9 Å². The number of hydrogen-bond donors (Lipinski definition) is 1. The summed E-state index contributed by atoms with van der Waals surface area (Å²) >= 11 is 0. The van der Waals surface area contributed by atoms with E-state index in [1.165, 1.54) is 0 Å². The highest BCUT2D eigenvalue weighted by molar-refractivity contribution is 7.91. The number of nitrogens with one attached hydrogen (secondary N) is 1. The molecule has 0 aliphatic carbocycles. The number of carbonyl (C=O) groups is 1. The normalized spacial score (nSPS) is 25.2. The molecule has 1 aromatic heterocycles. The number of sulfone groups is 1. The molecule has 2 aliphatic rings. The van der Waals surface area contributed by atoms with Crippen molar-refractivity contribution in [3.8, 4) is 0 Å². The highest BCUT2D eigenvalue weighted by Gasteiger charge is 2.34. The van der Waals surface area contributed by atoms with Crippen LogP contribution in [0.4, 0.5) is 0 Å². The van der Waals surface area contributed by atoms with E-state index in [1.54, 1.807) is 4.90 Å². The largest absolute Gasteiger partial charge is 0.335 e. The topological polar surface area (TPSA) is 86.4 Å². The fraction of sp³-hybridized carbons (Fsp3) is 0.733. The molecule has 3 rings (SSSR count). The van der Waals surface area contributed by atoms with Crippen molar-refractivity contribution in [3.05, 3.63) is 17.5 Å². The first-order chi connectivity index (χ1) is 10.9. The van der Waals surface area contributed by atoms with Gasteiger partial charge < -0.3 is 4.90 Å². The molecule has 0 radical (unpaired) electrons. The van der Waals surface area contributed by atoms with E-state index >= 15 is 0 Å². The van der Waals surface area contributed by atoms with Crippen LogP contribution in [-0.2, 0) is 9.84 Å². The van der Waals surface area contributed by atoms with Crippen LogP contribution in [-0.4, -0.2) is 78.0 Å². The summed E-state index contributed by atoms with van der Waals surface area (Å²) < 4.78 is 23.2. The van der Waals surface area contributed by atoms with Gasteiger partial charge in [-0.05, 0) is 18.4 Å². The van der Waals surface area contributed by atoms with Gasteiger partial charge in [0.05, 0.1) is 11.5 Å². The van der Waals surface area contributed by atoms with Gasteiger partial charge in [0.25, 0.3) is 5.91 Å². The highest BCUT2D eigenvalue weighted by atomic mass is 32.2. The Bertz CT molecular complexity index is 675. The number of rotatable bonds is 3. The maximum absolute atomic E-state index is 12.5. The zero-order valence-corrected chi connectivity index (χ0v) is 14.5. The molecule has 7 nitrogen and oxygen atoms in total. The minimum absolute atomic E-state index is 0.0492. The molecule has 8 heteroatoms. The second-order valence-corrected chi connectivity index (χ2v) is 8.98. The van der Waals surface area contributed by atoms with Crippen LogP contribution >= 0.6 is 0 Å². The number of aromatic amines is 1. The molecule has 0 spiro atoms. The first-order valence-corrected chi connectivity index (χ1v) is 9.97. The minimum atomic E-state index is -2.86. The van der Waals surface area contributed by atoms with Gasteiger partial charge in [-0.3, -0.25) is 14.8 Å². The number of nitrogens with zero attached hydrogens (tertiary/aromatic N) is 3. The van der Waals surface area contributed by atoms with Crippen molar-refractivity contribution >= 4 is 15.7 Å². The highest BCUT2D eigenvalue weighted by Crippen LogP contribution is 2.20. The number of piperazine rings is 1. The SMILES string of the molecule is CC(C)c1cc(C(=O)N2CCN([C@@H]3CCS(=O)(=O)C3)CC2)n[nH]1. The van der Waals surface area contributed by atoms with Crippen LogP contribution in [0, 0.1) is 0 Å². The van der Waals surface area contributed by atoms with E-state index < -0.39 is 9.84 Å². The molecule has 0 aromatic carbocycles. The minimum Gasteiger partial charge on any atom is -0.335 e. The van der Waals surface area contributed by atoms with Gasteiger partial charge in [-0.15, -0.1) is 0 Å². The average molecular weight is 340 g/mol. The van der Waals surface area contributed by atoms with Gasteiger partial charge in [-0.25, -0.2) is 8.42 Å². The summed E-state index contributed by atoms with van der Waals surface area (Å²) in [6.45, 7) is 6.81. The van der Waals surface area contributed by atoms with E-state index in [0.717, 1.165) is 18.8 Å². The van der Waals surface area contributed by atoms with Crippen LogP contribution in [0.5, 0.6) is 0 Å². The summed E-state index contributed by atoms with van der Waals surface area (Å²) in [6, 6.07) is 1.94. The van der Waals surface area contributed by atoms with Crippen molar-refractivity contribution in [3.63, 3.8) is 0 Å². The molecule has 0 unspecified atom stereocenters. The molecule has 0 bridgehead atoms. The predicted octanol–water partition coefficient (Wildman–Crippen LogP) is 0.478. The zero-order valence-electron chi connectivity index (χ0n) is 13.7. The molecule has 23 heavy (non-hydrogen) atoms. The zero-order chi connectivity index (χ0) is 16.6. The Balaban J connectivity index is 1.57.